The first kappa shape index (κ1) is 16.8. The van der Waals surface area contributed by atoms with Crippen LogP contribution in [0.5, 0.6) is 17.4 Å². The van der Waals surface area contributed by atoms with Crippen LogP contribution in [0.3, 0.4) is 0 Å². The Balaban J connectivity index is 1.91. The number of ether oxygens (including phenoxy) is 3. The predicted molar refractivity (Wildman–Crippen MR) is 92.3 cm³/mol. The van der Waals surface area contributed by atoms with Crippen molar-refractivity contribution in [3.63, 3.8) is 0 Å². The Bertz CT molecular complexity index is 971. The molecule has 0 fully saturated rings. The molecule has 0 amide bonds. The van der Waals surface area contributed by atoms with Gasteiger partial charge in [0, 0.05) is 17.9 Å². The lowest BCUT2D eigenvalue weighted by molar-refractivity contribution is 0.0446. The van der Waals surface area contributed by atoms with Crippen LogP contribution in [0.25, 0.3) is 0 Å². The number of methoxy groups -OCH3 is 2. The summed E-state index contributed by atoms with van der Waals surface area (Å²) in [7, 11) is 2.88. The first-order valence-corrected chi connectivity index (χ1v) is 8.97. The van der Waals surface area contributed by atoms with E-state index in [0.29, 0.717) is 23.0 Å². The van der Waals surface area contributed by atoms with E-state index in [1.807, 2.05) is 0 Å². The highest BCUT2D eigenvalue weighted by Crippen LogP contribution is 2.45. The van der Waals surface area contributed by atoms with E-state index in [1.54, 1.807) is 12.1 Å². The molecule has 0 spiro atoms. The van der Waals surface area contributed by atoms with E-state index in [-0.39, 0.29) is 16.9 Å². The average Bonchev–Trinajstić information content (AvgIpc) is 2.97. The van der Waals surface area contributed by atoms with Crippen molar-refractivity contribution < 1.29 is 24.1 Å². The lowest BCUT2D eigenvalue weighted by atomic mass is 9.99. The van der Waals surface area contributed by atoms with Gasteiger partial charge in [-0.15, -0.1) is 0 Å². The monoisotopic (exact) mass is 376 g/mol. The van der Waals surface area contributed by atoms with Crippen molar-refractivity contribution >= 4 is 17.7 Å². The normalized spacial score (nSPS) is 18.1. The van der Waals surface area contributed by atoms with Gasteiger partial charge in [0.1, 0.15) is 11.1 Å². The fourth-order valence-electron chi connectivity index (χ4n) is 3.28. The van der Waals surface area contributed by atoms with E-state index in [0.717, 1.165) is 12.2 Å². The lowest BCUT2D eigenvalue weighted by Crippen LogP contribution is -2.30. The number of benzene rings is 1. The van der Waals surface area contributed by atoms with Gasteiger partial charge < -0.3 is 19.3 Å². The molecule has 0 radical (unpaired) electrons. The second-order valence-electron chi connectivity index (χ2n) is 5.84. The van der Waals surface area contributed by atoms with E-state index >= 15 is 0 Å². The van der Waals surface area contributed by atoms with Gasteiger partial charge in [-0.1, -0.05) is 17.8 Å². The molecule has 3 heterocycles. The van der Waals surface area contributed by atoms with Crippen molar-refractivity contribution in [2.24, 2.45) is 0 Å². The Labute approximate surface area is 152 Å². The van der Waals surface area contributed by atoms with Crippen molar-refractivity contribution in [1.29, 1.82) is 0 Å². The van der Waals surface area contributed by atoms with Crippen LogP contribution in [0.1, 0.15) is 34.0 Å². The van der Waals surface area contributed by atoms with Crippen molar-refractivity contribution in [2.45, 2.75) is 24.2 Å². The highest BCUT2D eigenvalue weighted by molar-refractivity contribution is 7.99. The van der Waals surface area contributed by atoms with Gasteiger partial charge in [-0.05, 0) is 12.5 Å². The summed E-state index contributed by atoms with van der Waals surface area (Å²) in [5, 5.41) is 10.8. The van der Waals surface area contributed by atoms with Crippen LogP contribution in [0.2, 0.25) is 0 Å². The summed E-state index contributed by atoms with van der Waals surface area (Å²) in [6.45, 7) is 0.515. The van der Waals surface area contributed by atoms with Crippen LogP contribution >= 0.6 is 11.8 Å². The third-order valence-corrected chi connectivity index (χ3v) is 5.52. The molecule has 8 nitrogen and oxygen atoms in total. The molecular formula is C17H16N2O6S. The van der Waals surface area contributed by atoms with Crippen LogP contribution in [0.4, 0.5) is 0 Å². The van der Waals surface area contributed by atoms with Crippen LogP contribution in [-0.2, 0) is 11.3 Å². The van der Waals surface area contributed by atoms with Gasteiger partial charge >= 0.3 is 5.97 Å². The number of aromatic nitrogens is 2. The van der Waals surface area contributed by atoms with E-state index in [4.69, 9.17) is 14.2 Å². The second-order valence-corrected chi connectivity index (χ2v) is 6.90. The summed E-state index contributed by atoms with van der Waals surface area (Å²) >= 11 is 1.41. The van der Waals surface area contributed by atoms with Gasteiger partial charge in [0.05, 0.1) is 14.2 Å². The van der Waals surface area contributed by atoms with Crippen LogP contribution in [-0.4, -0.2) is 40.6 Å². The molecule has 2 aliphatic heterocycles. The molecule has 136 valence electrons. The maximum Gasteiger partial charge on any atom is 0.343 e. The van der Waals surface area contributed by atoms with Gasteiger partial charge in [0.15, 0.2) is 22.8 Å². The zero-order valence-electron chi connectivity index (χ0n) is 14.1. The summed E-state index contributed by atoms with van der Waals surface area (Å²) in [6, 6.07) is 3.26. The number of rotatable bonds is 3. The standard InChI is InChI=1S/C17H16N2O6S/c1-23-9-5-4-8-10(13(9)24-2)16(22)25-12(8)11-14(20)18-17-19(15(11)21)6-3-7-26-17/h4-5,12,20H,3,6-7H2,1-2H3. The van der Waals surface area contributed by atoms with Crippen molar-refractivity contribution in [3.05, 3.63) is 39.2 Å². The number of nitrogens with zero attached hydrogens (tertiary/aromatic N) is 2. The minimum absolute atomic E-state index is 0.0458. The molecular weight excluding hydrogens is 360 g/mol. The van der Waals surface area contributed by atoms with Gasteiger partial charge in [0.2, 0.25) is 5.88 Å². The molecule has 2 aliphatic rings. The number of hydrogen-bond donors (Lipinski definition) is 1. The lowest BCUT2D eigenvalue weighted by Gasteiger charge is -2.20. The Morgan fingerprint density at radius 2 is 2.12 bits per heavy atom. The van der Waals surface area contributed by atoms with Gasteiger partial charge in [-0.25, -0.2) is 4.79 Å². The molecule has 1 aromatic heterocycles. The number of aromatic hydroxyl groups is 1. The molecule has 0 saturated heterocycles. The molecule has 26 heavy (non-hydrogen) atoms. The highest BCUT2D eigenvalue weighted by Gasteiger charge is 2.40. The molecule has 1 unspecified atom stereocenters. The van der Waals surface area contributed by atoms with E-state index in [9.17, 15) is 14.7 Å². The number of thioether (sulfide) groups is 1. The second kappa shape index (κ2) is 6.24. The summed E-state index contributed by atoms with van der Waals surface area (Å²) in [6.07, 6.45) is -0.211. The Morgan fingerprint density at radius 1 is 1.31 bits per heavy atom. The van der Waals surface area contributed by atoms with Crippen LogP contribution in [0, 0.1) is 0 Å². The third kappa shape index (κ3) is 2.34. The number of hydrogen-bond acceptors (Lipinski definition) is 8. The largest absolute Gasteiger partial charge is 0.493 e. The van der Waals surface area contributed by atoms with Gasteiger partial charge in [-0.2, -0.15) is 4.98 Å². The summed E-state index contributed by atoms with van der Waals surface area (Å²) < 4.78 is 17.4. The van der Waals surface area contributed by atoms with Crippen molar-refractivity contribution in [3.8, 4) is 17.4 Å². The third-order valence-electron chi connectivity index (χ3n) is 4.46. The minimum atomic E-state index is -1.04. The van der Waals surface area contributed by atoms with Gasteiger partial charge in [-0.3, -0.25) is 9.36 Å². The van der Waals surface area contributed by atoms with E-state index in [2.05, 4.69) is 4.98 Å². The smallest absolute Gasteiger partial charge is 0.343 e. The molecule has 1 atom stereocenters. The first-order chi connectivity index (χ1) is 12.6. The topological polar surface area (TPSA) is 99.9 Å². The Kier molecular flexibility index (Phi) is 4.03. The van der Waals surface area contributed by atoms with Crippen LogP contribution < -0.4 is 15.0 Å². The molecule has 0 aliphatic carbocycles. The fourth-order valence-corrected chi connectivity index (χ4v) is 4.21. The van der Waals surface area contributed by atoms with Gasteiger partial charge in [0.25, 0.3) is 5.56 Å². The molecule has 0 saturated carbocycles. The number of carbonyl (C=O) groups is 1. The maximum atomic E-state index is 12.9. The first-order valence-electron chi connectivity index (χ1n) is 7.99. The molecule has 2 aromatic rings. The fraction of sp³-hybridized carbons (Fsp3) is 0.353. The quantitative estimate of drug-likeness (QED) is 0.638. The Morgan fingerprint density at radius 3 is 2.85 bits per heavy atom. The summed E-state index contributed by atoms with van der Waals surface area (Å²) in [5.41, 5.74) is 0.175. The number of carbonyl (C=O) groups excluding carboxylic acids is 1. The average molecular weight is 376 g/mol. The van der Waals surface area contributed by atoms with Crippen molar-refractivity contribution in [1.82, 2.24) is 9.55 Å². The Hall–Kier alpha value is -2.68. The highest BCUT2D eigenvalue weighted by atomic mass is 32.2. The number of cyclic esters (lactones) is 1. The summed E-state index contributed by atoms with van der Waals surface area (Å²) in [4.78, 5) is 29.5. The van der Waals surface area contributed by atoms with E-state index < -0.39 is 23.5 Å². The van der Waals surface area contributed by atoms with E-state index in [1.165, 1.54) is 30.5 Å². The summed E-state index contributed by atoms with van der Waals surface area (Å²) in [5.74, 6) is 0.389. The zero-order valence-corrected chi connectivity index (χ0v) is 15.0. The molecule has 1 aromatic carbocycles. The molecule has 4 rings (SSSR count). The predicted octanol–water partition coefficient (Wildman–Crippen LogP) is 1.72. The maximum absolute atomic E-state index is 12.9. The zero-order chi connectivity index (χ0) is 18.4. The SMILES string of the molecule is COc1ccc2c(c1OC)C(=O)OC2c1c(O)nc2n(c1=O)CCCS2. The number of fused-ring (bicyclic) bond motifs is 2. The molecule has 1 N–H and O–H groups in total. The van der Waals surface area contributed by atoms with Crippen LogP contribution in [0.15, 0.2) is 22.1 Å². The minimum Gasteiger partial charge on any atom is -0.493 e. The number of esters is 1. The molecule has 0 bridgehead atoms. The molecule has 9 heteroatoms. The van der Waals surface area contributed by atoms with Crippen molar-refractivity contribution in [2.75, 3.05) is 20.0 Å².